The van der Waals surface area contributed by atoms with E-state index in [1.54, 1.807) is 18.3 Å². The van der Waals surface area contributed by atoms with Crippen LogP contribution in [0.4, 0.5) is 11.5 Å². The molecule has 2 heterocycles. The van der Waals surface area contributed by atoms with E-state index in [0.29, 0.717) is 22.4 Å². The van der Waals surface area contributed by atoms with Gasteiger partial charge in [0.15, 0.2) is 5.82 Å². The first-order valence-electron chi connectivity index (χ1n) is 7.55. The number of aromatic nitrogens is 4. The zero-order chi connectivity index (χ0) is 17.1. The van der Waals surface area contributed by atoms with Crippen LogP contribution < -0.4 is 5.32 Å². The van der Waals surface area contributed by atoms with Gasteiger partial charge in [-0.15, -0.1) is 0 Å². The summed E-state index contributed by atoms with van der Waals surface area (Å²) < 4.78 is 4.77. The highest BCUT2D eigenvalue weighted by atomic mass is 16.5. The molecule has 1 aromatic carbocycles. The van der Waals surface area contributed by atoms with E-state index >= 15 is 0 Å². The van der Waals surface area contributed by atoms with Crippen molar-refractivity contribution in [1.29, 1.82) is 0 Å². The lowest BCUT2D eigenvalue weighted by Gasteiger charge is -2.11. The minimum Gasteiger partial charge on any atom is -0.465 e. The van der Waals surface area contributed by atoms with E-state index in [1.165, 1.54) is 13.4 Å². The van der Waals surface area contributed by atoms with Crippen LogP contribution >= 0.6 is 0 Å². The Bertz CT molecular complexity index is 911. The molecule has 0 radical (unpaired) electrons. The number of nitrogens with one attached hydrogen (secondary N) is 1. The number of esters is 1. The first-order chi connectivity index (χ1) is 11.6. The smallest absolute Gasteiger partial charge is 0.337 e. The van der Waals surface area contributed by atoms with Gasteiger partial charge in [-0.05, 0) is 24.6 Å². The fraction of sp³-hybridized carbons (Fsp3) is 0.235. The Hall–Kier alpha value is -3.09. The monoisotopic (exact) mass is 323 g/mol. The maximum absolute atomic E-state index is 11.7. The fourth-order valence-electron chi connectivity index (χ4n) is 2.28. The van der Waals surface area contributed by atoms with Gasteiger partial charge in [-0.25, -0.2) is 24.7 Å². The lowest BCUT2D eigenvalue weighted by Crippen LogP contribution is -2.05. The van der Waals surface area contributed by atoms with Gasteiger partial charge >= 0.3 is 5.97 Å². The van der Waals surface area contributed by atoms with Crippen LogP contribution in [0.3, 0.4) is 0 Å². The molecule has 7 nitrogen and oxygen atoms in total. The third kappa shape index (κ3) is 3.01. The quantitative estimate of drug-likeness (QED) is 0.738. The zero-order valence-corrected chi connectivity index (χ0v) is 13.7. The van der Waals surface area contributed by atoms with Crippen LogP contribution in [0.1, 0.15) is 28.7 Å². The van der Waals surface area contributed by atoms with Gasteiger partial charge in [-0.3, -0.25) is 0 Å². The number of nitrogens with zero attached hydrogens (tertiary/aromatic N) is 4. The van der Waals surface area contributed by atoms with Crippen molar-refractivity contribution in [2.45, 2.75) is 20.3 Å². The number of rotatable bonds is 4. The van der Waals surface area contributed by atoms with E-state index in [1.807, 2.05) is 19.9 Å². The van der Waals surface area contributed by atoms with Crippen molar-refractivity contribution in [3.8, 4) is 0 Å². The molecular formula is C17H17N5O2. The molecule has 3 aromatic rings. The highest BCUT2D eigenvalue weighted by Gasteiger charge is 2.11. The summed E-state index contributed by atoms with van der Waals surface area (Å²) in [6, 6.07) is 5.31. The summed E-state index contributed by atoms with van der Waals surface area (Å²) >= 11 is 0. The Morgan fingerprint density at radius 3 is 2.83 bits per heavy atom. The van der Waals surface area contributed by atoms with Crippen LogP contribution in [-0.2, 0) is 11.2 Å². The molecule has 0 amide bonds. The summed E-state index contributed by atoms with van der Waals surface area (Å²) in [4.78, 5) is 29.0. The van der Waals surface area contributed by atoms with Crippen LogP contribution in [0, 0.1) is 6.92 Å². The van der Waals surface area contributed by atoms with Gasteiger partial charge in [0.2, 0.25) is 0 Å². The molecule has 0 aliphatic rings. The predicted octanol–water partition coefficient (Wildman–Crippen LogP) is 2.82. The number of aryl methyl sites for hydroxylation is 2. The zero-order valence-electron chi connectivity index (χ0n) is 13.7. The number of hydrogen-bond donors (Lipinski definition) is 1. The summed E-state index contributed by atoms with van der Waals surface area (Å²) in [7, 11) is 1.36. The van der Waals surface area contributed by atoms with Crippen LogP contribution in [-0.4, -0.2) is 33.0 Å². The van der Waals surface area contributed by atoms with E-state index in [4.69, 9.17) is 4.74 Å². The van der Waals surface area contributed by atoms with Gasteiger partial charge < -0.3 is 10.1 Å². The SMILES string of the molecule is CCc1ncc2ncnc(Nc3cc(C(=O)OC)ccc3C)c2n1. The molecule has 0 saturated carbocycles. The molecule has 1 N–H and O–H groups in total. The number of fused-ring (bicyclic) bond motifs is 1. The van der Waals surface area contributed by atoms with Crippen molar-refractivity contribution in [3.05, 3.63) is 47.7 Å². The summed E-state index contributed by atoms with van der Waals surface area (Å²) in [5.74, 6) is 0.906. The lowest BCUT2D eigenvalue weighted by molar-refractivity contribution is 0.0601. The first kappa shape index (κ1) is 15.8. The molecule has 0 atom stereocenters. The molecule has 0 unspecified atom stereocenters. The average Bonchev–Trinajstić information content (AvgIpc) is 2.62. The Balaban J connectivity index is 2.05. The van der Waals surface area contributed by atoms with Gasteiger partial charge in [0.05, 0.1) is 18.9 Å². The molecule has 0 aliphatic heterocycles. The molecular weight excluding hydrogens is 306 g/mol. The number of carbonyl (C=O) groups excluding carboxylic acids is 1. The van der Waals surface area contributed by atoms with Crippen molar-refractivity contribution in [2.24, 2.45) is 0 Å². The number of ether oxygens (including phenoxy) is 1. The second-order valence-electron chi connectivity index (χ2n) is 5.24. The molecule has 0 spiro atoms. The van der Waals surface area contributed by atoms with E-state index in [-0.39, 0.29) is 5.97 Å². The largest absolute Gasteiger partial charge is 0.465 e. The Morgan fingerprint density at radius 1 is 1.25 bits per heavy atom. The topological polar surface area (TPSA) is 89.9 Å². The summed E-state index contributed by atoms with van der Waals surface area (Å²) in [6.45, 7) is 3.93. The van der Waals surface area contributed by atoms with Crippen molar-refractivity contribution >= 4 is 28.5 Å². The normalized spacial score (nSPS) is 10.6. The summed E-state index contributed by atoms with van der Waals surface area (Å²) in [6.07, 6.45) is 3.87. The predicted molar refractivity (Wildman–Crippen MR) is 90.3 cm³/mol. The maximum Gasteiger partial charge on any atom is 0.337 e. The third-order valence-corrected chi connectivity index (χ3v) is 3.66. The Labute approximate surface area is 139 Å². The molecule has 0 bridgehead atoms. The minimum absolute atomic E-state index is 0.388. The molecule has 7 heteroatoms. The Morgan fingerprint density at radius 2 is 2.08 bits per heavy atom. The maximum atomic E-state index is 11.7. The molecule has 0 aliphatic carbocycles. The highest BCUT2D eigenvalue weighted by Crippen LogP contribution is 2.24. The second kappa shape index (κ2) is 6.57. The number of anilines is 2. The second-order valence-corrected chi connectivity index (χ2v) is 5.24. The number of benzene rings is 1. The summed E-state index contributed by atoms with van der Waals surface area (Å²) in [5.41, 5.74) is 3.50. The van der Waals surface area contributed by atoms with Crippen molar-refractivity contribution in [3.63, 3.8) is 0 Å². The molecule has 2 aromatic heterocycles. The third-order valence-electron chi connectivity index (χ3n) is 3.66. The van der Waals surface area contributed by atoms with E-state index in [0.717, 1.165) is 23.5 Å². The lowest BCUT2D eigenvalue weighted by atomic mass is 10.1. The molecule has 0 saturated heterocycles. The van der Waals surface area contributed by atoms with Crippen LogP contribution in [0.25, 0.3) is 11.0 Å². The number of carbonyl (C=O) groups is 1. The van der Waals surface area contributed by atoms with Crippen LogP contribution in [0.15, 0.2) is 30.7 Å². The standard InChI is InChI=1S/C17H17N5O2/c1-4-14-18-8-13-15(22-14)16(20-9-19-13)21-12-7-11(17(23)24-3)6-5-10(12)2/h5-9H,4H2,1-3H3,(H,19,20,21). The van der Waals surface area contributed by atoms with Crippen LogP contribution in [0.2, 0.25) is 0 Å². The van der Waals surface area contributed by atoms with Crippen molar-refractivity contribution < 1.29 is 9.53 Å². The van der Waals surface area contributed by atoms with Gasteiger partial charge in [0, 0.05) is 12.1 Å². The minimum atomic E-state index is -0.388. The van der Waals surface area contributed by atoms with Gasteiger partial charge in [0.25, 0.3) is 0 Å². The molecule has 0 fully saturated rings. The molecule has 122 valence electrons. The Kier molecular flexibility index (Phi) is 4.33. The van der Waals surface area contributed by atoms with Crippen molar-refractivity contribution in [1.82, 2.24) is 19.9 Å². The first-order valence-corrected chi connectivity index (χ1v) is 7.55. The van der Waals surface area contributed by atoms with Gasteiger partial charge in [-0.2, -0.15) is 0 Å². The van der Waals surface area contributed by atoms with Gasteiger partial charge in [-0.1, -0.05) is 13.0 Å². The van der Waals surface area contributed by atoms with E-state index in [9.17, 15) is 4.79 Å². The fourth-order valence-corrected chi connectivity index (χ4v) is 2.28. The average molecular weight is 323 g/mol. The number of hydrogen-bond acceptors (Lipinski definition) is 7. The van der Waals surface area contributed by atoms with E-state index in [2.05, 4.69) is 25.3 Å². The van der Waals surface area contributed by atoms with Crippen LogP contribution in [0.5, 0.6) is 0 Å². The van der Waals surface area contributed by atoms with Crippen molar-refractivity contribution in [2.75, 3.05) is 12.4 Å². The number of methoxy groups -OCH3 is 1. The molecule has 24 heavy (non-hydrogen) atoms. The molecule has 3 rings (SSSR count). The highest BCUT2D eigenvalue weighted by molar-refractivity contribution is 5.92. The van der Waals surface area contributed by atoms with E-state index < -0.39 is 0 Å². The van der Waals surface area contributed by atoms with Gasteiger partial charge in [0.1, 0.15) is 23.2 Å². The summed E-state index contributed by atoms with van der Waals surface area (Å²) in [5, 5.41) is 3.24.